The lowest BCUT2D eigenvalue weighted by Crippen LogP contribution is -2.23. The highest BCUT2D eigenvalue weighted by Crippen LogP contribution is 2.12. The maximum Gasteiger partial charge on any atom is 0.218 e. The zero-order valence-electron chi connectivity index (χ0n) is 9.42. The fourth-order valence-electron chi connectivity index (χ4n) is 1.03. The second kappa shape index (κ2) is 6.24. The molecule has 6 heteroatoms. The van der Waals surface area contributed by atoms with Crippen LogP contribution in [0.5, 0.6) is 5.88 Å². The van der Waals surface area contributed by atoms with Crippen LogP contribution in [0.3, 0.4) is 0 Å². The molecule has 0 radical (unpaired) electrons. The van der Waals surface area contributed by atoms with Crippen LogP contribution < -0.4 is 10.1 Å². The van der Waals surface area contributed by atoms with E-state index in [1.54, 1.807) is 6.07 Å². The van der Waals surface area contributed by atoms with Crippen molar-refractivity contribution in [1.82, 2.24) is 9.97 Å². The first kappa shape index (κ1) is 12.7. The maximum absolute atomic E-state index is 9.15. The molecule has 0 spiro atoms. The molecule has 1 atom stereocenters. The first-order valence-corrected chi connectivity index (χ1v) is 5.13. The monoisotopic (exact) mass is 227 g/mol. The van der Waals surface area contributed by atoms with Crippen LogP contribution in [0.4, 0.5) is 5.82 Å². The fourth-order valence-corrected chi connectivity index (χ4v) is 1.03. The summed E-state index contributed by atoms with van der Waals surface area (Å²) in [5, 5.41) is 20.7. The topological polar surface area (TPSA) is 87.5 Å². The molecular formula is C10H17N3O3. The summed E-state index contributed by atoms with van der Waals surface area (Å²) in [5.74, 6) is 1.03. The molecule has 0 saturated carbocycles. The summed E-state index contributed by atoms with van der Waals surface area (Å²) < 4.78 is 5.38. The van der Waals surface area contributed by atoms with Gasteiger partial charge in [-0.05, 0) is 13.8 Å². The molecule has 16 heavy (non-hydrogen) atoms. The molecule has 0 fully saturated rings. The van der Waals surface area contributed by atoms with E-state index in [4.69, 9.17) is 14.9 Å². The van der Waals surface area contributed by atoms with Gasteiger partial charge in [0.15, 0.2) is 0 Å². The predicted molar refractivity (Wildman–Crippen MR) is 59.4 cm³/mol. The average molecular weight is 227 g/mol. The molecule has 0 saturated heterocycles. The van der Waals surface area contributed by atoms with Crippen molar-refractivity contribution in [2.45, 2.75) is 26.1 Å². The standard InChI is InChI=1S/C10H17N3O3/c1-7(2)16-10-3-9(12-6-13-10)11-4-8(15)5-14/h3,6-8,14-15H,4-5H2,1-2H3,(H,11,12,13). The number of nitrogens with zero attached hydrogens (tertiary/aromatic N) is 2. The van der Waals surface area contributed by atoms with Gasteiger partial charge in [0.1, 0.15) is 12.1 Å². The van der Waals surface area contributed by atoms with Gasteiger partial charge in [0.25, 0.3) is 0 Å². The molecule has 0 aromatic carbocycles. The lowest BCUT2D eigenvalue weighted by molar-refractivity contribution is 0.105. The smallest absolute Gasteiger partial charge is 0.218 e. The molecule has 0 aliphatic heterocycles. The number of nitrogens with one attached hydrogen (secondary N) is 1. The highest BCUT2D eigenvalue weighted by Gasteiger charge is 2.04. The van der Waals surface area contributed by atoms with Gasteiger partial charge in [-0.2, -0.15) is 0 Å². The summed E-state index contributed by atoms with van der Waals surface area (Å²) in [5.41, 5.74) is 0. The summed E-state index contributed by atoms with van der Waals surface area (Å²) in [7, 11) is 0. The summed E-state index contributed by atoms with van der Waals surface area (Å²) in [4.78, 5) is 7.90. The minimum absolute atomic E-state index is 0.0470. The molecule has 0 bridgehead atoms. The summed E-state index contributed by atoms with van der Waals surface area (Å²) in [6.07, 6.45) is 0.626. The Balaban J connectivity index is 2.53. The number of aliphatic hydroxyl groups excluding tert-OH is 2. The van der Waals surface area contributed by atoms with Gasteiger partial charge >= 0.3 is 0 Å². The van der Waals surface area contributed by atoms with Crippen molar-refractivity contribution in [3.8, 4) is 5.88 Å². The molecule has 1 aromatic rings. The molecule has 6 nitrogen and oxygen atoms in total. The van der Waals surface area contributed by atoms with E-state index in [1.807, 2.05) is 13.8 Å². The first-order valence-electron chi connectivity index (χ1n) is 5.13. The van der Waals surface area contributed by atoms with Crippen molar-refractivity contribution >= 4 is 5.82 Å². The number of aliphatic hydroxyl groups is 2. The first-order chi connectivity index (χ1) is 7.61. The van der Waals surface area contributed by atoms with Crippen LogP contribution in [-0.2, 0) is 0 Å². The van der Waals surface area contributed by atoms with E-state index < -0.39 is 6.10 Å². The molecular weight excluding hydrogens is 210 g/mol. The van der Waals surface area contributed by atoms with Gasteiger partial charge in [-0.1, -0.05) is 0 Å². The lowest BCUT2D eigenvalue weighted by atomic mass is 10.4. The number of hydrogen-bond donors (Lipinski definition) is 3. The third kappa shape index (κ3) is 4.41. The Bertz CT molecular complexity index is 320. The van der Waals surface area contributed by atoms with Crippen molar-refractivity contribution in [1.29, 1.82) is 0 Å². The summed E-state index contributed by atoms with van der Waals surface area (Å²) in [6.45, 7) is 3.76. The lowest BCUT2D eigenvalue weighted by Gasteiger charge is -2.11. The Kier molecular flexibility index (Phi) is 4.94. The van der Waals surface area contributed by atoms with Gasteiger partial charge in [-0.15, -0.1) is 0 Å². The van der Waals surface area contributed by atoms with Gasteiger partial charge in [0.05, 0.1) is 18.8 Å². The van der Waals surface area contributed by atoms with E-state index in [-0.39, 0.29) is 19.3 Å². The van der Waals surface area contributed by atoms with E-state index in [2.05, 4.69) is 15.3 Å². The number of rotatable bonds is 6. The van der Waals surface area contributed by atoms with E-state index in [0.717, 1.165) is 0 Å². The van der Waals surface area contributed by atoms with Crippen molar-refractivity contribution in [3.05, 3.63) is 12.4 Å². The second-order valence-electron chi connectivity index (χ2n) is 3.63. The normalized spacial score (nSPS) is 12.6. The van der Waals surface area contributed by atoms with Crippen LogP contribution in [0.15, 0.2) is 12.4 Å². The molecule has 1 aromatic heterocycles. The number of hydrogen-bond acceptors (Lipinski definition) is 6. The van der Waals surface area contributed by atoms with Crippen molar-refractivity contribution in [2.75, 3.05) is 18.5 Å². The fraction of sp³-hybridized carbons (Fsp3) is 0.600. The molecule has 3 N–H and O–H groups in total. The molecule has 1 heterocycles. The van der Waals surface area contributed by atoms with Crippen molar-refractivity contribution in [2.24, 2.45) is 0 Å². The SMILES string of the molecule is CC(C)Oc1cc(NCC(O)CO)ncn1. The van der Waals surface area contributed by atoms with Gasteiger partial charge in [0, 0.05) is 12.6 Å². The minimum atomic E-state index is -0.801. The average Bonchev–Trinajstić information content (AvgIpc) is 2.25. The second-order valence-corrected chi connectivity index (χ2v) is 3.63. The summed E-state index contributed by atoms with van der Waals surface area (Å²) >= 11 is 0. The van der Waals surface area contributed by atoms with Crippen molar-refractivity contribution in [3.63, 3.8) is 0 Å². The highest BCUT2D eigenvalue weighted by atomic mass is 16.5. The Morgan fingerprint density at radius 1 is 1.44 bits per heavy atom. The Morgan fingerprint density at radius 3 is 2.81 bits per heavy atom. The minimum Gasteiger partial charge on any atom is -0.475 e. The zero-order chi connectivity index (χ0) is 12.0. The van der Waals surface area contributed by atoms with Crippen LogP contribution in [0.1, 0.15) is 13.8 Å². The van der Waals surface area contributed by atoms with Gasteiger partial charge in [0.2, 0.25) is 5.88 Å². The quantitative estimate of drug-likeness (QED) is 0.635. The molecule has 0 amide bonds. The largest absolute Gasteiger partial charge is 0.475 e. The van der Waals surface area contributed by atoms with Crippen LogP contribution in [-0.4, -0.2) is 45.5 Å². The Morgan fingerprint density at radius 2 is 2.19 bits per heavy atom. The van der Waals surface area contributed by atoms with Crippen LogP contribution in [0, 0.1) is 0 Å². The molecule has 1 rings (SSSR count). The Labute approximate surface area is 94.3 Å². The number of ether oxygens (including phenoxy) is 1. The van der Waals surface area contributed by atoms with E-state index >= 15 is 0 Å². The van der Waals surface area contributed by atoms with Crippen LogP contribution in [0.25, 0.3) is 0 Å². The van der Waals surface area contributed by atoms with E-state index in [0.29, 0.717) is 11.7 Å². The predicted octanol–water partition coefficient (Wildman–Crippen LogP) is 0.0289. The highest BCUT2D eigenvalue weighted by molar-refractivity contribution is 5.37. The van der Waals surface area contributed by atoms with Gasteiger partial charge < -0.3 is 20.3 Å². The Hall–Kier alpha value is -1.40. The van der Waals surface area contributed by atoms with Gasteiger partial charge in [-0.25, -0.2) is 9.97 Å². The molecule has 90 valence electrons. The molecule has 0 aliphatic carbocycles. The molecule has 0 aliphatic rings. The third-order valence-corrected chi connectivity index (χ3v) is 1.73. The summed E-state index contributed by atoms with van der Waals surface area (Å²) in [6, 6.07) is 1.64. The maximum atomic E-state index is 9.15. The number of anilines is 1. The molecule has 1 unspecified atom stereocenters. The number of aromatic nitrogens is 2. The van der Waals surface area contributed by atoms with Crippen molar-refractivity contribution < 1.29 is 14.9 Å². The zero-order valence-corrected chi connectivity index (χ0v) is 9.42. The third-order valence-electron chi connectivity index (χ3n) is 1.73. The van der Waals surface area contributed by atoms with E-state index in [9.17, 15) is 0 Å². The van der Waals surface area contributed by atoms with Crippen LogP contribution >= 0.6 is 0 Å². The van der Waals surface area contributed by atoms with E-state index in [1.165, 1.54) is 6.33 Å². The van der Waals surface area contributed by atoms with Gasteiger partial charge in [-0.3, -0.25) is 0 Å². The van der Waals surface area contributed by atoms with Crippen LogP contribution in [0.2, 0.25) is 0 Å².